The molecule has 0 aliphatic heterocycles. The number of carbonyl (C=O) groups is 1. The summed E-state index contributed by atoms with van der Waals surface area (Å²) in [6.45, 7) is 7.07. The molecule has 1 aromatic heterocycles. The minimum atomic E-state index is -5.11. The van der Waals surface area contributed by atoms with Crippen LogP contribution in [0.1, 0.15) is 61.2 Å². The van der Waals surface area contributed by atoms with Gasteiger partial charge in [-0.25, -0.2) is 13.6 Å². The van der Waals surface area contributed by atoms with Gasteiger partial charge >= 0.3 is 5.51 Å². The summed E-state index contributed by atoms with van der Waals surface area (Å²) in [5.41, 5.74) is -5.70. The molecule has 3 rings (SSSR count). The van der Waals surface area contributed by atoms with E-state index >= 15 is 0 Å². The van der Waals surface area contributed by atoms with E-state index in [9.17, 15) is 31.4 Å². The molecule has 38 heavy (non-hydrogen) atoms. The van der Waals surface area contributed by atoms with E-state index in [-0.39, 0.29) is 23.0 Å². The van der Waals surface area contributed by atoms with Crippen LogP contribution in [-0.2, 0) is 16.2 Å². The smallest absolute Gasteiger partial charge is 0.475 e. The first kappa shape index (κ1) is 29.0. The van der Waals surface area contributed by atoms with E-state index in [4.69, 9.17) is 4.74 Å². The molecule has 0 saturated heterocycles. The maximum atomic E-state index is 14.5. The number of hydrogen-bond acceptors (Lipinski definition) is 5. The predicted octanol–water partition coefficient (Wildman–Crippen LogP) is 5.00. The number of alkyl halides is 3. The molecular formula is C26H27F4N3O4S. The van der Waals surface area contributed by atoms with Crippen molar-refractivity contribution in [1.29, 1.82) is 0 Å². The van der Waals surface area contributed by atoms with Crippen LogP contribution in [-0.4, -0.2) is 32.7 Å². The van der Waals surface area contributed by atoms with Gasteiger partial charge in [0.1, 0.15) is 23.1 Å². The van der Waals surface area contributed by atoms with Crippen LogP contribution in [0.2, 0.25) is 0 Å². The number of halogens is 4. The zero-order valence-corrected chi connectivity index (χ0v) is 22.1. The summed E-state index contributed by atoms with van der Waals surface area (Å²) in [5, 5.41) is 2.68. The maximum absolute atomic E-state index is 14.5. The highest BCUT2D eigenvalue weighted by Gasteiger charge is 2.39. The molecular weight excluding hydrogens is 526 g/mol. The monoisotopic (exact) mass is 553 g/mol. The Hall–Kier alpha value is -3.54. The molecule has 7 nitrogen and oxygen atoms in total. The second-order valence-corrected chi connectivity index (χ2v) is 10.9. The van der Waals surface area contributed by atoms with E-state index in [1.54, 1.807) is 26.0 Å². The molecule has 2 atom stereocenters. The standard InChI is InChI=1S/C26H27F4N3O4S/c1-14(2)22(15-6-11-20(18(27)12-15)38(36)26(28,29)30)33-23(35)19-13-21(34)32-24(31-19)25(3,4)16-7-9-17(37-5)10-8-16/h6-14,22H,1-5H3,(H,33,35)(H,31,32,34)/t22-,38?/m1/s1. The number of carbonyl (C=O) groups excluding carboxylic acids is 1. The normalized spacial score (nSPS) is 13.7. The van der Waals surface area contributed by atoms with Gasteiger partial charge in [0.2, 0.25) is 0 Å². The van der Waals surface area contributed by atoms with Gasteiger partial charge in [-0.2, -0.15) is 13.2 Å². The van der Waals surface area contributed by atoms with E-state index in [0.717, 1.165) is 23.8 Å². The van der Waals surface area contributed by atoms with E-state index in [2.05, 4.69) is 15.3 Å². The largest absolute Gasteiger partial charge is 0.497 e. The number of aromatic amines is 1. The third-order valence-corrected chi connectivity index (χ3v) is 7.21. The Labute approximate surface area is 219 Å². The lowest BCUT2D eigenvalue weighted by atomic mass is 9.83. The highest BCUT2D eigenvalue weighted by atomic mass is 32.2. The molecule has 2 aromatic carbocycles. The average molecular weight is 554 g/mol. The number of benzene rings is 2. The van der Waals surface area contributed by atoms with Crippen molar-refractivity contribution in [2.45, 2.75) is 49.6 Å². The number of rotatable bonds is 8. The summed E-state index contributed by atoms with van der Waals surface area (Å²) in [7, 11) is -1.99. The lowest BCUT2D eigenvalue weighted by Crippen LogP contribution is -2.35. The minimum absolute atomic E-state index is 0.164. The van der Waals surface area contributed by atoms with Crippen LogP contribution in [0, 0.1) is 11.7 Å². The molecule has 3 aromatic rings. The molecule has 204 valence electrons. The van der Waals surface area contributed by atoms with Gasteiger partial charge in [0.05, 0.1) is 18.0 Å². The number of H-pyrrole nitrogens is 1. The van der Waals surface area contributed by atoms with Crippen molar-refractivity contribution in [3.63, 3.8) is 0 Å². The van der Waals surface area contributed by atoms with Crippen LogP contribution >= 0.6 is 0 Å². The molecule has 12 heteroatoms. The van der Waals surface area contributed by atoms with E-state index in [1.807, 2.05) is 26.0 Å². The lowest BCUT2D eigenvalue weighted by Gasteiger charge is -2.26. The summed E-state index contributed by atoms with van der Waals surface area (Å²) in [6.07, 6.45) is 0. The Morgan fingerprint density at radius 1 is 1.08 bits per heavy atom. The third-order valence-electron chi connectivity index (χ3n) is 6.06. The second kappa shape index (κ2) is 11.1. The van der Waals surface area contributed by atoms with Gasteiger partial charge in [0.25, 0.3) is 11.5 Å². The van der Waals surface area contributed by atoms with E-state index in [0.29, 0.717) is 5.75 Å². The summed E-state index contributed by atoms with van der Waals surface area (Å²) in [5.74, 6) is -1.49. The van der Waals surface area contributed by atoms with Crippen LogP contribution < -0.4 is 15.6 Å². The summed E-state index contributed by atoms with van der Waals surface area (Å²) < 4.78 is 69.6. The van der Waals surface area contributed by atoms with Crippen LogP contribution in [0.5, 0.6) is 5.75 Å². The zero-order chi connectivity index (χ0) is 28.4. The number of hydrogen-bond donors (Lipinski definition) is 2. The van der Waals surface area contributed by atoms with Gasteiger partial charge in [-0.3, -0.25) is 9.59 Å². The van der Waals surface area contributed by atoms with E-state index in [1.165, 1.54) is 13.2 Å². The topological polar surface area (TPSA) is 101 Å². The molecule has 1 amide bonds. The first-order chi connectivity index (χ1) is 17.6. The molecule has 0 fully saturated rings. The summed E-state index contributed by atoms with van der Waals surface area (Å²) >= 11 is 0. The fraction of sp³-hybridized carbons (Fsp3) is 0.346. The van der Waals surface area contributed by atoms with Crippen LogP contribution in [0.3, 0.4) is 0 Å². The molecule has 0 radical (unpaired) electrons. The van der Waals surface area contributed by atoms with Gasteiger partial charge in [0.15, 0.2) is 10.8 Å². The minimum Gasteiger partial charge on any atom is -0.497 e. The van der Waals surface area contributed by atoms with Crippen LogP contribution in [0.4, 0.5) is 17.6 Å². The quantitative estimate of drug-likeness (QED) is 0.383. The van der Waals surface area contributed by atoms with Gasteiger partial charge in [-0.15, -0.1) is 0 Å². The summed E-state index contributed by atoms with van der Waals surface area (Å²) in [6, 6.07) is 10.1. The first-order valence-electron chi connectivity index (χ1n) is 11.5. The van der Waals surface area contributed by atoms with Crippen molar-refractivity contribution in [3.8, 4) is 5.75 Å². The Morgan fingerprint density at radius 2 is 1.71 bits per heavy atom. The lowest BCUT2D eigenvalue weighted by molar-refractivity contribution is -0.0386. The predicted molar refractivity (Wildman–Crippen MR) is 134 cm³/mol. The average Bonchev–Trinajstić information content (AvgIpc) is 2.85. The zero-order valence-electron chi connectivity index (χ0n) is 21.3. The fourth-order valence-corrected chi connectivity index (χ4v) is 4.53. The van der Waals surface area contributed by atoms with Crippen LogP contribution in [0.25, 0.3) is 0 Å². The molecule has 0 aliphatic carbocycles. The number of ether oxygens (including phenoxy) is 1. The number of methoxy groups -OCH3 is 1. The van der Waals surface area contributed by atoms with Crippen molar-refractivity contribution in [2.24, 2.45) is 5.92 Å². The Bertz CT molecular complexity index is 1400. The van der Waals surface area contributed by atoms with Gasteiger partial charge < -0.3 is 15.0 Å². The Balaban J connectivity index is 1.92. The second-order valence-electron chi connectivity index (χ2n) is 9.43. The molecule has 1 unspecified atom stereocenters. The maximum Gasteiger partial charge on any atom is 0.475 e. The molecule has 2 N–H and O–H groups in total. The van der Waals surface area contributed by atoms with Gasteiger partial charge in [-0.1, -0.05) is 32.0 Å². The van der Waals surface area contributed by atoms with Gasteiger partial charge in [0, 0.05) is 11.5 Å². The number of nitrogens with zero attached hydrogens (tertiary/aromatic N) is 1. The Kier molecular flexibility index (Phi) is 8.45. The van der Waals surface area contributed by atoms with E-state index < -0.39 is 49.9 Å². The number of amides is 1. The van der Waals surface area contributed by atoms with Crippen molar-refractivity contribution >= 4 is 16.7 Å². The van der Waals surface area contributed by atoms with Crippen molar-refractivity contribution in [2.75, 3.05) is 7.11 Å². The first-order valence-corrected chi connectivity index (χ1v) is 12.7. The van der Waals surface area contributed by atoms with Crippen molar-refractivity contribution in [3.05, 3.63) is 87.3 Å². The molecule has 1 heterocycles. The van der Waals surface area contributed by atoms with Crippen molar-refractivity contribution in [1.82, 2.24) is 15.3 Å². The molecule has 0 saturated carbocycles. The molecule has 0 bridgehead atoms. The highest BCUT2D eigenvalue weighted by molar-refractivity contribution is 7.86. The number of nitrogens with one attached hydrogen (secondary N) is 2. The SMILES string of the molecule is COc1ccc(C(C)(C)c2nc(C(=O)N[C@@H](c3ccc(S(=O)C(F)(F)F)c(F)c3)C(C)C)cc(=O)[nH]2)cc1. The Morgan fingerprint density at radius 3 is 2.24 bits per heavy atom. The number of aromatic nitrogens is 2. The fourth-order valence-electron chi connectivity index (χ4n) is 3.85. The molecule has 0 spiro atoms. The van der Waals surface area contributed by atoms with Crippen LogP contribution in [0.15, 0.2) is 58.2 Å². The molecule has 0 aliphatic rings. The third kappa shape index (κ3) is 6.29. The van der Waals surface area contributed by atoms with Gasteiger partial charge in [-0.05, 0) is 55.2 Å². The summed E-state index contributed by atoms with van der Waals surface area (Å²) in [4.78, 5) is 31.6. The van der Waals surface area contributed by atoms with Crippen molar-refractivity contribution < 1.29 is 31.3 Å². The highest BCUT2D eigenvalue weighted by Crippen LogP contribution is 2.32.